The number of piperidine rings is 1. The van der Waals surface area contributed by atoms with Crippen molar-refractivity contribution in [3.63, 3.8) is 0 Å². The predicted molar refractivity (Wildman–Crippen MR) is 88.6 cm³/mol. The minimum Gasteiger partial charge on any atom is -0.493 e. The van der Waals surface area contributed by atoms with E-state index in [1.807, 2.05) is 6.08 Å². The average molecular weight is 378 g/mol. The summed E-state index contributed by atoms with van der Waals surface area (Å²) in [6.45, 7) is 1.02. The van der Waals surface area contributed by atoms with Crippen molar-refractivity contribution in [2.45, 2.75) is 25.0 Å². The summed E-state index contributed by atoms with van der Waals surface area (Å²) < 4.78 is 12.9. The zero-order valence-corrected chi connectivity index (χ0v) is 14.9. The molecule has 5 rings (SSSR count). The summed E-state index contributed by atoms with van der Waals surface area (Å²) in [5.74, 6) is 2.87. The molecule has 1 saturated carbocycles. The molecule has 4 nitrogen and oxygen atoms in total. The second kappa shape index (κ2) is 4.51. The molecule has 3 fully saturated rings. The Morgan fingerprint density at radius 3 is 3.04 bits per heavy atom. The van der Waals surface area contributed by atoms with Gasteiger partial charge in [0.15, 0.2) is 17.6 Å². The van der Waals surface area contributed by atoms with Crippen LogP contribution in [-0.2, 0) is 14.3 Å². The van der Waals surface area contributed by atoms with E-state index in [1.54, 1.807) is 13.2 Å². The molecule has 0 aromatic carbocycles. The third-order valence-corrected chi connectivity index (χ3v) is 7.48. The first-order valence-electron chi connectivity index (χ1n) is 8.32. The molecule has 3 aliphatic carbocycles. The van der Waals surface area contributed by atoms with Gasteiger partial charge in [-0.3, -0.25) is 4.79 Å². The number of hydrogen-bond acceptors (Lipinski definition) is 4. The van der Waals surface area contributed by atoms with Gasteiger partial charge in [-0.15, -0.1) is 0 Å². The van der Waals surface area contributed by atoms with Crippen LogP contribution in [0.3, 0.4) is 0 Å². The summed E-state index contributed by atoms with van der Waals surface area (Å²) >= 11 is 3.74. The van der Waals surface area contributed by atoms with E-state index in [1.165, 1.54) is 0 Å². The highest BCUT2D eigenvalue weighted by atomic mass is 79.9. The molecule has 1 spiro atoms. The van der Waals surface area contributed by atoms with Crippen LogP contribution in [0.25, 0.3) is 0 Å². The molecule has 0 aromatic heterocycles. The van der Waals surface area contributed by atoms with Crippen molar-refractivity contribution in [3.8, 4) is 0 Å². The lowest BCUT2D eigenvalue weighted by Gasteiger charge is -2.60. The number of ether oxygens (including phenoxy) is 2. The van der Waals surface area contributed by atoms with Gasteiger partial charge in [0.2, 0.25) is 0 Å². The minimum atomic E-state index is -0.349. The molecule has 0 aromatic rings. The summed E-state index contributed by atoms with van der Waals surface area (Å²) in [5, 5.41) is 0. The van der Waals surface area contributed by atoms with Crippen molar-refractivity contribution < 1.29 is 14.3 Å². The number of rotatable bonds is 1. The molecule has 23 heavy (non-hydrogen) atoms. The second-order valence-electron chi connectivity index (χ2n) is 7.49. The summed E-state index contributed by atoms with van der Waals surface area (Å²) in [4.78, 5) is 15.2. The zero-order valence-electron chi connectivity index (χ0n) is 13.3. The van der Waals surface area contributed by atoms with E-state index in [-0.39, 0.29) is 23.2 Å². The topological polar surface area (TPSA) is 38.8 Å². The molecule has 2 bridgehead atoms. The van der Waals surface area contributed by atoms with Crippen LogP contribution in [0.15, 0.2) is 34.2 Å². The molecule has 0 amide bonds. The van der Waals surface area contributed by atoms with Gasteiger partial charge in [0.05, 0.1) is 7.11 Å². The highest BCUT2D eigenvalue weighted by molar-refractivity contribution is 9.11. The number of allylic oxidation sites excluding steroid dienone is 3. The first-order valence-corrected chi connectivity index (χ1v) is 9.11. The fourth-order valence-electron chi connectivity index (χ4n) is 5.92. The van der Waals surface area contributed by atoms with Gasteiger partial charge in [0, 0.05) is 27.8 Å². The summed E-state index contributed by atoms with van der Waals surface area (Å²) in [7, 11) is 3.90. The lowest BCUT2D eigenvalue weighted by molar-refractivity contribution is -0.141. The maximum Gasteiger partial charge on any atom is 0.197 e. The number of nitrogens with zero attached hydrogens (tertiary/aromatic N) is 1. The second-order valence-corrected chi connectivity index (χ2v) is 8.40. The quantitative estimate of drug-likeness (QED) is 0.703. The standard InChI is InChI=1S/C18H20BrNO3/c1-20-6-5-18-14-9-3-4-13(22-2)16(14)23-17(18)12(21)8-10(19)15(18)11(20)7-9/h3-4,8-9,11,14-15,17H,5-7H2,1-2H3/t9?,11-,14?,15+,17+,18-/m1/s1. The van der Waals surface area contributed by atoms with Crippen molar-refractivity contribution in [1.29, 1.82) is 0 Å². The first kappa shape index (κ1) is 14.3. The van der Waals surface area contributed by atoms with Gasteiger partial charge in [-0.1, -0.05) is 22.0 Å². The molecule has 2 heterocycles. The Balaban J connectivity index is 1.76. The van der Waals surface area contributed by atoms with Gasteiger partial charge in [-0.05, 0) is 44.5 Å². The van der Waals surface area contributed by atoms with Gasteiger partial charge in [0.25, 0.3) is 0 Å². The smallest absolute Gasteiger partial charge is 0.197 e. The molecular formula is C18H20BrNO3. The predicted octanol–water partition coefficient (Wildman–Crippen LogP) is 2.62. The number of ketones is 1. The molecule has 5 aliphatic rings. The Morgan fingerprint density at radius 1 is 1.43 bits per heavy atom. The summed E-state index contributed by atoms with van der Waals surface area (Å²) in [6.07, 6.45) is 7.83. The van der Waals surface area contributed by atoms with Crippen LogP contribution in [0.4, 0.5) is 0 Å². The number of carbonyl (C=O) groups is 1. The van der Waals surface area contributed by atoms with E-state index in [9.17, 15) is 4.79 Å². The highest BCUT2D eigenvalue weighted by Crippen LogP contribution is 2.68. The molecular weight excluding hydrogens is 358 g/mol. The molecule has 5 heteroatoms. The van der Waals surface area contributed by atoms with Crippen LogP contribution in [0.5, 0.6) is 0 Å². The van der Waals surface area contributed by atoms with Crippen LogP contribution >= 0.6 is 15.9 Å². The van der Waals surface area contributed by atoms with Crippen molar-refractivity contribution in [2.75, 3.05) is 20.7 Å². The van der Waals surface area contributed by atoms with Gasteiger partial charge < -0.3 is 14.4 Å². The number of hydrogen-bond donors (Lipinski definition) is 0. The monoisotopic (exact) mass is 377 g/mol. The molecule has 122 valence electrons. The third-order valence-electron chi connectivity index (χ3n) is 6.76. The largest absolute Gasteiger partial charge is 0.493 e. The highest BCUT2D eigenvalue weighted by Gasteiger charge is 2.71. The van der Waals surface area contributed by atoms with Gasteiger partial charge in [-0.2, -0.15) is 0 Å². The van der Waals surface area contributed by atoms with E-state index < -0.39 is 0 Å². The first-order chi connectivity index (χ1) is 11.1. The van der Waals surface area contributed by atoms with E-state index in [0.29, 0.717) is 17.9 Å². The van der Waals surface area contributed by atoms with Gasteiger partial charge >= 0.3 is 0 Å². The maximum atomic E-state index is 12.7. The lowest BCUT2D eigenvalue weighted by Crippen LogP contribution is -2.65. The minimum absolute atomic E-state index is 0.106. The molecule has 2 saturated heterocycles. The van der Waals surface area contributed by atoms with Gasteiger partial charge in [0.1, 0.15) is 5.76 Å². The van der Waals surface area contributed by atoms with E-state index in [2.05, 4.69) is 34.0 Å². The fraction of sp³-hybridized carbons (Fsp3) is 0.611. The summed E-state index contributed by atoms with van der Waals surface area (Å²) in [5.41, 5.74) is -0.116. The Hall–Kier alpha value is -1.07. The zero-order chi connectivity index (χ0) is 15.9. The van der Waals surface area contributed by atoms with Crippen molar-refractivity contribution >= 4 is 21.7 Å². The van der Waals surface area contributed by atoms with Crippen molar-refractivity contribution in [1.82, 2.24) is 4.90 Å². The normalized spacial score (nSPS) is 47.2. The van der Waals surface area contributed by atoms with E-state index in [0.717, 1.165) is 35.4 Å². The molecule has 6 atom stereocenters. The van der Waals surface area contributed by atoms with E-state index in [4.69, 9.17) is 9.47 Å². The van der Waals surface area contributed by atoms with Crippen LogP contribution in [-0.4, -0.2) is 43.5 Å². The van der Waals surface area contributed by atoms with Crippen LogP contribution in [0, 0.1) is 23.2 Å². The van der Waals surface area contributed by atoms with Crippen molar-refractivity contribution in [2.24, 2.45) is 23.2 Å². The maximum absolute atomic E-state index is 12.7. The average Bonchev–Trinajstić information content (AvgIpc) is 2.88. The molecule has 0 radical (unpaired) electrons. The number of halogens is 1. The Labute approximate surface area is 144 Å². The van der Waals surface area contributed by atoms with Crippen LogP contribution in [0.2, 0.25) is 0 Å². The van der Waals surface area contributed by atoms with E-state index >= 15 is 0 Å². The third kappa shape index (κ3) is 1.53. The Morgan fingerprint density at radius 2 is 2.26 bits per heavy atom. The molecule has 2 unspecified atom stereocenters. The fourth-order valence-corrected chi connectivity index (χ4v) is 6.87. The Kier molecular flexibility index (Phi) is 2.80. The van der Waals surface area contributed by atoms with Crippen LogP contribution in [0.1, 0.15) is 12.8 Å². The number of carbonyl (C=O) groups excluding carboxylic acids is 1. The van der Waals surface area contributed by atoms with Gasteiger partial charge in [-0.25, -0.2) is 0 Å². The van der Waals surface area contributed by atoms with Crippen LogP contribution < -0.4 is 0 Å². The SMILES string of the molecule is COC1=C2O[C@H]3C(=O)C=C(Br)[C@H]4[C@H]5CC(C=C1)C2[C@@]34CCN5C. The number of methoxy groups -OCH3 is 1. The molecule has 0 N–H and O–H groups in total. The van der Waals surface area contributed by atoms with Crippen molar-refractivity contribution in [3.05, 3.63) is 34.2 Å². The number of likely N-dealkylation sites (tertiary alicyclic amines) is 1. The lowest BCUT2D eigenvalue weighted by atomic mass is 9.48. The Bertz CT molecular complexity index is 696. The summed E-state index contributed by atoms with van der Waals surface area (Å²) in [6, 6.07) is 0.461. The molecule has 2 aliphatic heterocycles.